The first kappa shape index (κ1) is 14.6. The topological polar surface area (TPSA) is 66.4 Å². The second-order valence-corrected chi connectivity index (χ2v) is 5.66. The zero-order chi connectivity index (χ0) is 14.8. The van der Waals surface area contributed by atoms with Gasteiger partial charge in [-0.3, -0.25) is 9.59 Å². The van der Waals surface area contributed by atoms with E-state index in [0.29, 0.717) is 6.54 Å². The monoisotopic (exact) mass is 275 g/mol. The van der Waals surface area contributed by atoms with Crippen LogP contribution in [0, 0.1) is 23.2 Å². The molecule has 0 aromatic rings. The molecule has 1 amide bonds. The van der Waals surface area contributed by atoms with E-state index in [4.69, 9.17) is 0 Å². The quantitative estimate of drug-likeness (QED) is 0.700. The average molecular weight is 275 g/mol. The predicted molar refractivity (Wildman–Crippen MR) is 76.9 cm³/mol. The van der Waals surface area contributed by atoms with Gasteiger partial charge in [0.2, 0.25) is 5.91 Å². The van der Waals surface area contributed by atoms with Crippen LogP contribution in [0.5, 0.6) is 0 Å². The molecule has 20 heavy (non-hydrogen) atoms. The van der Waals surface area contributed by atoms with E-state index in [0.717, 1.165) is 19.3 Å². The van der Waals surface area contributed by atoms with Gasteiger partial charge in [0.05, 0.1) is 11.8 Å². The molecule has 4 unspecified atom stereocenters. The van der Waals surface area contributed by atoms with Crippen molar-refractivity contribution in [2.75, 3.05) is 6.54 Å². The van der Waals surface area contributed by atoms with Gasteiger partial charge in [0.25, 0.3) is 0 Å². The van der Waals surface area contributed by atoms with Crippen molar-refractivity contribution in [3.8, 4) is 0 Å². The van der Waals surface area contributed by atoms with Gasteiger partial charge in [-0.25, -0.2) is 0 Å². The second kappa shape index (κ2) is 5.65. The fourth-order valence-corrected chi connectivity index (χ4v) is 3.72. The van der Waals surface area contributed by atoms with Crippen molar-refractivity contribution >= 4 is 11.9 Å². The second-order valence-electron chi connectivity index (χ2n) is 5.66. The maximum Gasteiger partial charge on any atom is 0.307 e. The van der Waals surface area contributed by atoms with Gasteiger partial charge >= 0.3 is 5.97 Å². The van der Waals surface area contributed by atoms with Crippen molar-refractivity contribution < 1.29 is 14.7 Å². The van der Waals surface area contributed by atoms with E-state index < -0.39 is 17.8 Å². The van der Waals surface area contributed by atoms with Gasteiger partial charge in [0.15, 0.2) is 0 Å². The summed E-state index contributed by atoms with van der Waals surface area (Å²) in [6.07, 6.45) is 9.77. The first-order chi connectivity index (χ1) is 9.55. The summed E-state index contributed by atoms with van der Waals surface area (Å²) in [5.41, 5.74) is -0.326. The lowest BCUT2D eigenvalue weighted by Crippen LogP contribution is -2.44. The summed E-state index contributed by atoms with van der Waals surface area (Å²) in [6, 6.07) is 0. The fraction of sp³-hybridized carbons (Fsp3) is 0.500. The van der Waals surface area contributed by atoms with Crippen LogP contribution in [0.25, 0.3) is 0 Å². The number of allylic oxidation sites excluding steroid dienone is 3. The van der Waals surface area contributed by atoms with E-state index in [1.54, 1.807) is 6.08 Å². The van der Waals surface area contributed by atoms with Crippen molar-refractivity contribution in [2.45, 2.75) is 19.3 Å². The zero-order valence-electron chi connectivity index (χ0n) is 11.5. The summed E-state index contributed by atoms with van der Waals surface area (Å²) in [4.78, 5) is 23.9. The molecule has 2 aliphatic carbocycles. The molecule has 1 fully saturated rings. The molecule has 2 rings (SSSR count). The number of carbonyl (C=O) groups excluding carboxylic acids is 1. The Hall–Kier alpha value is -1.84. The van der Waals surface area contributed by atoms with Crippen molar-refractivity contribution in [2.24, 2.45) is 23.2 Å². The lowest BCUT2D eigenvalue weighted by atomic mass is 9.70. The van der Waals surface area contributed by atoms with Gasteiger partial charge < -0.3 is 10.4 Å². The molecule has 0 saturated heterocycles. The Bertz CT molecular complexity index is 468. The normalized spacial score (nSPS) is 33.9. The number of carbonyl (C=O) groups is 2. The molecule has 0 spiro atoms. The lowest BCUT2D eigenvalue weighted by molar-refractivity contribution is -0.148. The molecule has 2 aliphatic rings. The third-order valence-electron chi connectivity index (χ3n) is 4.53. The SMILES string of the molecule is C=CCCC12C=CC(C1)C(C(=O)O)C2C(=O)NCC=C. The van der Waals surface area contributed by atoms with Crippen LogP contribution < -0.4 is 5.32 Å². The number of nitrogens with one attached hydrogen (secondary N) is 1. The van der Waals surface area contributed by atoms with Gasteiger partial charge in [0.1, 0.15) is 0 Å². The molecular formula is C16H21NO3. The van der Waals surface area contributed by atoms with Crippen LogP contribution >= 0.6 is 0 Å². The number of hydrogen-bond acceptors (Lipinski definition) is 2. The minimum atomic E-state index is -0.876. The van der Waals surface area contributed by atoms with Crippen molar-refractivity contribution in [1.29, 1.82) is 0 Å². The third kappa shape index (κ3) is 2.30. The highest BCUT2D eigenvalue weighted by atomic mass is 16.4. The predicted octanol–water partition coefficient (Wildman–Crippen LogP) is 2.15. The molecule has 4 nitrogen and oxygen atoms in total. The van der Waals surface area contributed by atoms with Crippen molar-refractivity contribution in [1.82, 2.24) is 5.32 Å². The van der Waals surface area contributed by atoms with Crippen LogP contribution in [-0.2, 0) is 9.59 Å². The van der Waals surface area contributed by atoms with Crippen LogP contribution in [0.2, 0.25) is 0 Å². The Labute approximate surface area is 119 Å². The van der Waals surface area contributed by atoms with Crippen LogP contribution in [-0.4, -0.2) is 23.5 Å². The summed E-state index contributed by atoms with van der Waals surface area (Å²) >= 11 is 0. The Balaban J connectivity index is 2.27. The molecule has 2 N–H and O–H groups in total. The summed E-state index contributed by atoms with van der Waals surface area (Å²) in [7, 11) is 0. The smallest absolute Gasteiger partial charge is 0.307 e. The van der Waals surface area contributed by atoms with Gasteiger partial charge in [0, 0.05) is 12.0 Å². The molecule has 0 heterocycles. The largest absolute Gasteiger partial charge is 0.481 e. The van der Waals surface area contributed by atoms with E-state index >= 15 is 0 Å². The highest BCUT2D eigenvalue weighted by molar-refractivity contribution is 5.87. The summed E-state index contributed by atoms with van der Waals surface area (Å²) in [5, 5.41) is 12.2. The van der Waals surface area contributed by atoms with Crippen LogP contribution in [0.3, 0.4) is 0 Å². The number of carboxylic acid groups (broad SMARTS) is 1. The summed E-state index contributed by atoms with van der Waals surface area (Å²) < 4.78 is 0. The van der Waals surface area contributed by atoms with Crippen molar-refractivity contribution in [3.05, 3.63) is 37.5 Å². The van der Waals surface area contributed by atoms with Gasteiger partial charge in [-0.1, -0.05) is 24.3 Å². The average Bonchev–Trinajstić information content (AvgIpc) is 2.98. The standard InChI is InChI=1S/C16H21NO3/c1-3-5-7-16-8-6-11(10-16)12(15(19)20)13(16)14(18)17-9-4-2/h3-4,6,8,11-13H,1-2,5,7,9-10H2,(H,17,18)(H,19,20). The molecule has 108 valence electrons. The number of amides is 1. The Morgan fingerprint density at radius 1 is 1.40 bits per heavy atom. The number of fused-ring (bicyclic) bond motifs is 2. The number of hydrogen-bond donors (Lipinski definition) is 2. The van der Waals surface area contributed by atoms with E-state index in [9.17, 15) is 14.7 Å². The Morgan fingerprint density at radius 2 is 2.15 bits per heavy atom. The molecular weight excluding hydrogens is 254 g/mol. The molecule has 0 aromatic heterocycles. The minimum absolute atomic E-state index is 0.0307. The zero-order valence-corrected chi connectivity index (χ0v) is 11.5. The van der Waals surface area contributed by atoms with Gasteiger partial charge in [-0.2, -0.15) is 0 Å². The highest BCUT2D eigenvalue weighted by Gasteiger charge is 2.59. The van der Waals surface area contributed by atoms with Crippen LogP contribution in [0.1, 0.15) is 19.3 Å². The fourth-order valence-electron chi connectivity index (χ4n) is 3.72. The highest BCUT2D eigenvalue weighted by Crippen LogP contribution is 2.58. The van der Waals surface area contributed by atoms with Crippen LogP contribution in [0.15, 0.2) is 37.5 Å². The molecule has 0 aromatic carbocycles. The molecule has 4 heteroatoms. The van der Waals surface area contributed by atoms with Crippen molar-refractivity contribution in [3.63, 3.8) is 0 Å². The summed E-state index contributed by atoms with van der Waals surface area (Å²) in [5.74, 6) is -2.19. The van der Waals surface area contributed by atoms with Gasteiger partial charge in [-0.15, -0.1) is 13.2 Å². The first-order valence-corrected chi connectivity index (χ1v) is 6.97. The Morgan fingerprint density at radius 3 is 2.75 bits per heavy atom. The number of rotatable bonds is 7. The molecule has 4 atom stereocenters. The van der Waals surface area contributed by atoms with Gasteiger partial charge in [-0.05, 0) is 25.2 Å². The van der Waals surface area contributed by atoms with Crippen LogP contribution in [0.4, 0.5) is 0 Å². The maximum atomic E-state index is 12.4. The van der Waals surface area contributed by atoms with E-state index in [1.165, 1.54) is 0 Å². The molecule has 2 bridgehead atoms. The Kier molecular flexibility index (Phi) is 4.12. The third-order valence-corrected chi connectivity index (χ3v) is 4.53. The van der Waals surface area contributed by atoms with E-state index in [1.807, 2.05) is 12.2 Å². The first-order valence-electron chi connectivity index (χ1n) is 6.97. The van der Waals surface area contributed by atoms with E-state index in [2.05, 4.69) is 24.6 Å². The number of carboxylic acids is 1. The lowest BCUT2D eigenvalue weighted by Gasteiger charge is -2.33. The number of aliphatic carboxylic acids is 1. The minimum Gasteiger partial charge on any atom is -0.481 e. The maximum absolute atomic E-state index is 12.4. The molecule has 0 radical (unpaired) electrons. The van der Waals surface area contributed by atoms with E-state index in [-0.39, 0.29) is 17.2 Å². The molecule has 1 saturated carbocycles. The summed E-state index contributed by atoms with van der Waals surface area (Å²) in [6.45, 7) is 7.66. The molecule has 0 aliphatic heterocycles.